The second kappa shape index (κ2) is 4.76. The fourth-order valence-electron chi connectivity index (χ4n) is 2.71. The lowest BCUT2D eigenvalue weighted by molar-refractivity contribution is 0.301. The number of halogens is 2. The van der Waals surface area contributed by atoms with Crippen molar-refractivity contribution in [3.63, 3.8) is 0 Å². The van der Waals surface area contributed by atoms with Crippen LogP contribution in [0.4, 0.5) is 4.39 Å². The van der Waals surface area contributed by atoms with E-state index in [1.54, 1.807) is 0 Å². The molecule has 1 aliphatic carbocycles. The number of benzene rings is 1. The molecule has 0 aliphatic heterocycles. The Hall–Kier alpha value is -1.13. The summed E-state index contributed by atoms with van der Waals surface area (Å²) in [5, 5.41) is 0.0549. The number of nitrogens with two attached hydrogens (primary N) is 1. The van der Waals surface area contributed by atoms with Gasteiger partial charge < -0.3 is 10.2 Å². The lowest BCUT2D eigenvalue weighted by atomic mass is 9.91. The maximum absolute atomic E-state index is 13.4. The number of fused-ring (bicyclic) bond motifs is 1. The number of hydrogen-bond acceptors (Lipinski definition) is 3. The molecule has 1 saturated carbocycles. The highest BCUT2D eigenvalue weighted by molar-refractivity contribution is 6.31. The van der Waals surface area contributed by atoms with Crippen molar-refractivity contribution in [2.45, 2.75) is 44.1 Å². The van der Waals surface area contributed by atoms with Gasteiger partial charge in [0.05, 0.1) is 10.6 Å². The van der Waals surface area contributed by atoms with Crippen LogP contribution in [0.15, 0.2) is 16.5 Å². The Morgan fingerprint density at radius 1 is 1.21 bits per heavy atom. The number of hydrogen-bond donors (Lipinski definition) is 1. The van der Waals surface area contributed by atoms with Crippen LogP contribution in [0.5, 0.6) is 0 Å². The molecule has 2 aromatic rings. The summed E-state index contributed by atoms with van der Waals surface area (Å²) in [6.45, 7) is 0. The highest BCUT2D eigenvalue weighted by Crippen LogP contribution is 2.35. The Balaban J connectivity index is 2.04. The average Bonchev–Trinajstić information content (AvgIpc) is 2.64. The van der Waals surface area contributed by atoms with E-state index >= 15 is 0 Å². The van der Waals surface area contributed by atoms with Gasteiger partial charge in [0.25, 0.3) is 0 Å². The van der Waals surface area contributed by atoms with Gasteiger partial charge in [0.1, 0.15) is 11.3 Å². The molecule has 1 heterocycles. The smallest absolute Gasteiger partial charge is 0.215 e. The van der Waals surface area contributed by atoms with Crippen molar-refractivity contribution >= 4 is 22.7 Å². The van der Waals surface area contributed by atoms with Gasteiger partial charge in [0.2, 0.25) is 5.89 Å². The van der Waals surface area contributed by atoms with Crippen LogP contribution < -0.4 is 5.73 Å². The average molecular weight is 283 g/mol. The van der Waals surface area contributed by atoms with Gasteiger partial charge in [-0.3, -0.25) is 0 Å². The van der Waals surface area contributed by atoms with Gasteiger partial charge in [-0.25, -0.2) is 9.37 Å². The molecule has 3 rings (SSSR count). The first kappa shape index (κ1) is 12.9. The molecule has 0 spiro atoms. The second-order valence-electron chi connectivity index (χ2n) is 5.32. The molecule has 0 radical (unpaired) electrons. The first-order valence-electron chi connectivity index (χ1n) is 6.63. The molecule has 19 heavy (non-hydrogen) atoms. The van der Waals surface area contributed by atoms with E-state index in [-0.39, 0.29) is 5.02 Å². The van der Waals surface area contributed by atoms with Crippen LogP contribution in [0.25, 0.3) is 11.1 Å². The molecule has 0 bridgehead atoms. The standard InChI is InChI=1S/C14H16ClFN2O/c15-9-7-11-12(8-10(9)16)19-13(18-11)14(17)5-3-1-2-4-6-14/h7-8H,1-6,17H2. The first-order chi connectivity index (χ1) is 9.08. The van der Waals surface area contributed by atoms with E-state index in [1.807, 2.05) is 0 Å². The summed E-state index contributed by atoms with van der Waals surface area (Å²) >= 11 is 5.76. The number of oxazole rings is 1. The van der Waals surface area contributed by atoms with Gasteiger partial charge in [-0.2, -0.15) is 0 Å². The predicted molar refractivity (Wildman–Crippen MR) is 72.5 cm³/mol. The van der Waals surface area contributed by atoms with Crippen molar-refractivity contribution in [3.8, 4) is 0 Å². The van der Waals surface area contributed by atoms with E-state index in [4.69, 9.17) is 21.8 Å². The molecule has 1 fully saturated rings. The van der Waals surface area contributed by atoms with Crippen molar-refractivity contribution in [3.05, 3.63) is 28.9 Å². The van der Waals surface area contributed by atoms with Crippen LogP contribution in [0, 0.1) is 5.82 Å². The molecule has 1 aromatic carbocycles. The van der Waals surface area contributed by atoms with E-state index in [1.165, 1.54) is 25.0 Å². The minimum atomic E-state index is -0.529. The van der Waals surface area contributed by atoms with Gasteiger partial charge >= 0.3 is 0 Å². The lowest BCUT2D eigenvalue weighted by Crippen LogP contribution is -2.36. The lowest BCUT2D eigenvalue weighted by Gasteiger charge is -2.23. The summed E-state index contributed by atoms with van der Waals surface area (Å²) in [5.74, 6) is 0.00914. The fourth-order valence-corrected chi connectivity index (χ4v) is 2.87. The summed E-state index contributed by atoms with van der Waals surface area (Å²) in [6.07, 6.45) is 6.25. The predicted octanol–water partition coefficient (Wildman–Crippen LogP) is 4.13. The molecule has 1 aliphatic rings. The quantitative estimate of drug-likeness (QED) is 0.800. The maximum Gasteiger partial charge on any atom is 0.215 e. The van der Waals surface area contributed by atoms with E-state index in [2.05, 4.69) is 4.98 Å². The van der Waals surface area contributed by atoms with E-state index in [0.717, 1.165) is 25.7 Å². The van der Waals surface area contributed by atoms with Gasteiger partial charge in [-0.05, 0) is 18.9 Å². The van der Waals surface area contributed by atoms with Crippen LogP contribution in [0.2, 0.25) is 5.02 Å². The number of nitrogens with zero attached hydrogens (tertiary/aromatic N) is 1. The third-order valence-corrected chi connectivity index (χ3v) is 4.14. The molecule has 1 aromatic heterocycles. The summed E-state index contributed by atoms with van der Waals surface area (Å²) in [7, 11) is 0. The van der Waals surface area contributed by atoms with Crippen molar-refractivity contribution < 1.29 is 8.81 Å². The molecule has 102 valence electrons. The SMILES string of the molecule is NC1(c2nc3cc(Cl)c(F)cc3o2)CCCCCC1. The molecule has 0 saturated heterocycles. The van der Waals surface area contributed by atoms with Gasteiger partial charge in [0.15, 0.2) is 5.58 Å². The first-order valence-corrected chi connectivity index (χ1v) is 7.01. The highest BCUT2D eigenvalue weighted by Gasteiger charge is 2.33. The molecule has 0 amide bonds. The zero-order valence-corrected chi connectivity index (χ0v) is 11.3. The summed E-state index contributed by atoms with van der Waals surface area (Å²) in [4.78, 5) is 4.41. The largest absolute Gasteiger partial charge is 0.439 e. The topological polar surface area (TPSA) is 52.0 Å². The Kier molecular flexibility index (Phi) is 3.23. The normalized spacial score (nSPS) is 19.5. The molecule has 3 nitrogen and oxygen atoms in total. The third-order valence-electron chi connectivity index (χ3n) is 3.85. The Morgan fingerprint density at radius 2 is 1.89 bits per heavy atom. The molecular weight excluding hydrogens is 267 g/mol. The summed E-state index contributed by atoms with van der Waals surface area (Å²) in [6, 6.07) is 2.76. The van der Waals surface area contributed by atoms with E-state index in [0.29, 0.717) is 17.0 Å². The molecule has 5 heteroatoms. The maximum atomic E-state index is 13.4. The molecule has 0 unspecified atom stereocenters. The summed E-state index contributed by atoms with van der Waals surface area (Å²) in [5.41, 5.74) is 6.88. The molecule has 0 atom stereocenters. The third kappa shape index (κ3) is 2.35. The zero-order valence-electron chi connectivity index (χ0n) is 10.6. The minimum Gasteiger partial charge on any atom is -0.439 e. The molecule has 2 N–H and O–H groups in total. The Labute approximate surface area is 115 Å². The van der Waals surface area contributed by atoms with Gasteiger partial charge in [0, 0.05) is 6.07 Å². The van der Waals surface area contributed by atoms with Gasteiger partial charge in [-0.15, -0.1) is 0 Å². The highest BCUT2D eigenvalue weighted by atomic mass is 35.5. The van der Waals surface area contributed by atoms with Crippen molar-refractivity contribution in [2.75, 3.05) is 0 Å². The monoisotopic (exact) mass is 282 g/mol. The number of rotatable bonds is 1. The van der Waals surface area contributed by atoms with E-state index < -0.39 is 11.4 Å². The summed E-state index contributed by atoms with van der Waals surface area (Å²) < 4.78 is 19.1. The van der Waals surface area contributed by atoms with Crippen molar-refractivity contribution in [1.29, 1.82) is 0 Å². The minimum absolute atomic E-state index is 0.0549. The van der Waals surface area contributed by atoms with Crippen LogP contribution in [-0.4, -0.2) is 4.98 Å². The van der Waals surface area contributed by atoms with Crippen LogP contribution in [-0.2, 0) is 5.54 Å². The zero-order chi connectivity index (χ0) is 13.5. The Bertz CT molecular complexity index is 564. The Morgan fingerprint density at radius 3 is 2.58 bits per heavy atom. The van der Waals surface area contributed by atoms with E-state index in [9.17, 15) is 4.39 Å². The van der Waals surface area contributed by atoms with Crippen molar-refractivity contribution in [2.24, 2.45) is 5.73 Å². The van der Waals surface area contributed by atoms with Gasteiger partial charge in [-0.1, -0.05) is 37.3 Å². The van der Waals surface area contributed by atoms with Crippen LogP contribution in [0.1, 0.15) is 44.4 Å². The van der Waals surface area contributed by atoms with Crippen LogP contribution in [0.3, 0.4) is 0 Å². The fraction of sp³-hybridized carbons (Fsp3) is 0.500. The molecular formula is C14H16ClFN2O. The van der Waals surface area contributed by atoms with Crippen LogP contribution >= 0.6 is 11.6 Å². The second-order valence-corrected chi connectivity index (χ2v) is 5.73. The van der Waals surface area contributed by atoms with Crippen molar-refractivity contribution in [1.82, 2.24) is 4.98 Å². The number of aromatic nitrogens is 1.